The van der Waals surface area contributed by atoms with E-state index in [1.54, 1.807) is 11.3 Å². The number of nitrogens with zero attached hydrogens (tertiary/aromatic N) is 2. The van der Waals surface area contributed by atoms with Crippen LogP contribution in [0.2, 0.25) is 0 Å². The normalized spacial score (nSPS) is 17.5. The number of benzene rings is 1. The molecule has 2 aromatic rings. The second-order valence-corrected chi connectivity index (χ2v) is 7.41. The van der Waals surface area contributed by atoms with Gasteiger partial charge in [0.15, 0.2) is 0 Å². The Bertz CT molecular complexity index is 637. The average molecular weight is 346 g/mol. The van der Waals surface area contributed by atoms with E-state index >= 15 is 0 Å². The smallest absolute Gasteiger partial charge is 0.119 e. The van der Waals surface area contributed by atoms with Gasteiger partial charge in [0.2, 0.25) is 0 Å². The molecule has 1 aliphatic rings. The molecule has 1 N–H and O–H groups in total. The SMILES string of the molecule is CCOc1cccc(CN(Cc2scnc2C)CC2CCNC2)c1. The van der Waals surface area contributed by atoms with Crippen LogP contribution >= 0.6 is 11.3 Å². The topological polar surface area (TPSA) is 37.4 Å². The lowest BCUT2D eigenvalue weighted by molar-refractivity contribution is 0.221. The lowest BCUT2D eigenvalue weighted by Gasteiger charge is -2.25. The number of hydrogen-bond donors (Lipinski definition) is 1. The average Bonchev–Trinajstić information content (AvgIpc) is 3.21. The maximum atomic E-state index is 5.65. The molecule has 0 saturated carbocycles. The maximum absolute atomic E-state index is 5.65. The van der Waals surface area contributed by atoms with Gasteiger partial charge < -0.3 is 10.1 Å². The zero-order valence-electron chi connectivity index (χ0n) is 14.6. The number of hydrogen-bond acceptors (Lipinski definition) is 5. The van der Waals surface area contributed by atoms with Crippen LogP contribution in [0.5, 0.6) is 5.75 Å². The van der Waals surface area contributed by atoms with Crippen molar-refractivity contribution in [3.05, 3.63) is 45.9 Å². The second-order valence-electron chi connectivity index (χ2n) is 6.47. The summed E-state index contributed by atoms with van der Waals surface area (Å²) in [5.41, 5.74) is 4.43. The van der Waals surface area contributed by atoms with E-state index in [0.29, 0.717) is 6.61 Å². The van der Waals surface area contributed by atoms with E-state index in [1.165, 1.54) is 16.9 Å². The lowest BCUT2D eigenvalue weighted by atomic mass is 10.1. The zero-order chi connectivity index (χ0) is 16.8. The molecule has 1 atom stereocenters. The fraction of sp³-hybridized carbons (Fsp3) is 0.526. The minimum Gasteiger partial charge on any atom is -0.494 e. The Morgan fingerprint density at radius 1 is 1.38 bits per heavy atom. The predicted molar refractivity (Wildman–Crippen MR) is 99.6 cm³/mol. The number of thiazole rings is 1. The Labute approximate surface area is 148 Å². The second kappa shape index (κ2) is 8.60. The van der Waals surface area contributed by atoms with E-state index < -0.39 is 0 Å². The third-order valence-corrected chi connectivity index (χ3v) is 5.43. The summed E-state index contributed by atoms with van der Waals surface area (Å²) in [4.78, 5) is 8.34. The van der Waals surface area contributed by atoms with Crippen molar-refractivity contribution in [2.45, 2.75) is 33.4 Å². The molecular weight excluding hydrogens is 318 g/mol. The Balaban J connectivity index is 1.70. The Morgan fingerprint density at radius 3 is 3.00 bits per heavy atom. The van der Waals surface area contributed by atoms with Gasteiger partial charge in [0, 0.05) is 24.5 Å². The van der Waals surface area contributed by atoms with Crippen molar-refractivity contribution in [2.24, 2.45) is 5.92 Å². The first-order chi connectivity index (χ1) is 11.7. The van der Waals surface area contributed by atoms with Crippen molar-refractivity contribution in [1.29, 1.82) is 0 Å². The molecule has 0 aliphatic carbocycles. The van der Waals surface area contributed by atoms with Gasteiger partial charge in [0.1, 0.15) is 5.75 Å². The molecule has 1 unspecified atom stereocenters. The lowest BCUT2D eigenvalue weighted by Crippen LogP contribution is -2.30. The molecule has 24 heavy (non-hydrogen) atoms. The molecule has 4 nitrogen and oxygen atoms in total. The number of ether oxygens (including phenoxy) is 1. The third-order valence-electron chi connectivity index (χ3n) is 4.51. The van der Waals surface area contributed by atoms with Gasteiger partial charge in [0.05, 0.1) is 17.8 Å². The van der Waals surface area contributed by atoms with Crippen LogP contribution in [0.25, 0.3) is 0 Å². The van der Waals surface area contributed by atoms with Gasteiger partial charge in [-0.3, -0.25) is 4.90 Å². The van der Waals surface area contributed by atoms with Gasteiger partial charge in [0.25, 0.3) is 0 Å². The Hall–Kier alpha value is -1.43. The highest BCUT2D eigenvalue weighted by Crippen LogP contribution is 2.21. The summed E-state index contributed by atoms with van der Waals surface area (Å²) >= 11 is 1.76. The van der Waals surface area contributed by atoms with E-state index in [1.807, 2.05) is 18.5 Å². The van der Waals surface area contributed by atoms with Crippen molar-refractivity contribution in [3.63, 3.8) is 0 Å². The highest BCUT2D eigenvalue weighted by atomic mass is 32.1. The van der Waals surface area contributed by atoms with Crippen molar-refractivity contribution < 1.29 is 4.74 Å². The van der Waals surface area contributed by atoms with Gasteiger partial charge >= 0.3 is 0 Å². The fourth-order valence-electron chi connectivity index (χ4n) is 3.26. The Kier molecular flexibility index (Phi) is 6.24. The van der Waals surface area contributed by atoms with Crippen molar-refractivity contribution in [1.82, 2.24) is 15.2 Å². The minimum atomic E-state index is 0.709. The molecule has 0 spiro atoms. The molecule has 1 aliphatic heterocycles. The molecule has 5 heteroatoms. The molecule has 1 aromatic carbocycles. The van der Waals surface area contributed by atoms with Crippen LogP contribution < -0.4 is 10.1 Å². The number of rotatable bonds is 8. The highest BCUT2D eigenvalue weighted by molar-refractivity contribution is 7.09. The summed E-state index contributed by atoms with van der Waals surface area (Å²) in [6.07, 6.45) is 1.27. The number of aryl methyl sites for hydroxylation is 1. The van der Waals surface area contributed by atoms with Gasteiger partial charge in [-0.1, -0.05) is 12.1 Å². The molecule has 0 amide bonds. The van der Waals surface area contributed by atoms with E-state index in [2.05, 4.69) is 40.3 Å². The molecule has 0 bridgehead atoms. The number of nitrogens with one attached hydrogen (secondary N) is 1. The molecule has 1 saturated heterocycles. The molecular formula is C19H27N3OS. The van der Waals surface area contributed by atoms with Crippen molar-refractivity contribution >= 4 is 11.3 Å². The standard InChI is InChI=1S/C19H27N3OS/c1-3-23-18-6-4-5-16(9-18)11-22(12-17-7-8-20-10-17)13-19-15(2)21-14-24-19/h4-6,9,14,17,20H,3,7-8,10-13H2,1-2H3. The monoisotopic (exact) mass is 345 g/mol. The van der Waals surface area contributed by atoms with Crippen LogP contribution in [-0.2, 0) is 13.1 Å². The summed E-state index contributed by atoms with van der Waals surface area (Å²) < 4.78 is 5.65. The molecule has 0 radical (unpaired) electrons. The summed E-state index contributed by atoms with van der Waals surface area (Å²) in [6.45, 7) is 10.2. The molecule has 3 rings (SSSR count). The quantitative estimate of drug-likeness (QED) is 0.795. The number of aromatic nitrogens is 1. The van der Waals surface area contributed by atoms with Gasteiger partial charge in [-0.2, -0.15) is 0 Å². The van der Waals surface area contributed by atoms with Crippen LogP contribution in [-0.4, -0.2) is 36.1 Å². The maximum Gasteiger partial charge on any atom is 0.119 e. The van der Waals surface area contributed by atoms with Crippen LogP contribution in [0.15, 0.2) is 29.8 Å². The van der Waals surface area contributed by atoms with E-state index in [0.717, 1.165) is 50.1 Å². The summed E-state index contributed by atoms with van der Waals surface area (Å²) in [5.74, 6) is 1.71. The summed E-state index contributed by atoms with van der Waals surface area (Å²) in [7, 11) is 0. The van der Waals surface area contributed by atoms with Crippen molar-refractivity contribution in [3.8, 4) is 5.75 Å². The first kappa shape index (κ1) is 17.4. The fourth-order valence-corrected chi connectivity index (χ4v) is 4.08. The minimum absolute atomic E-state index is 0.709. The van der Waals surface area contributed by atoms with E-state index in [-0.39, 0.29) is 0 Å². The van der Waals surface area contributed by atoms with E-state index in [4.69, 9.17) is 4.74 Å². The van der Waals surface area contributed by atoms with Crippen LogP contribution in [0.4, 0.5) is 0 Å². The summed E-state index contributed by atoms with van der Waals surface area (Å²) in [5, 5.41) is 3.48. The zero-order valence-corrected chi connectivity index (χ0v) is 15.4. The molecule has 2 heterocycles. The molecule has 1 aromatic heterocycles. The van der Waals surface area contributed by atoms with Gasteiger partial charge in [-0.15, -0.1) is 11.3 Å². The highest BCUT2D eigenvalue weighted by Gasteiger charge is 2.19. The van der Waals surface area contributed by atoms with E-state index in [9.17, 15) is 0 Å². The van der Waals surface area contributed by atoms with Gasteiger partial charge in [-0.05, 0) is 57.0 Å². The third kappa shape index (κ3) is 4.79. The van der Waals surface area contributed by atoms with Crippen LogP contribution in [0.3, 0.4) is 0 Å². The first-order valence-corrected chi connectivity index (χ1v) is 9.66. The Morgan fingerprint density at radius 2 is 2.29 bits per heavy atom. The summed E-state index contributed by atoms with van der Waals surface area (Å²) in [6, 6.07) is 8.49. The van der Waals surface area contributed by atoms with Crippen molar-refractivity contribution in [2.75, 3.05) is 26.2 Å². The van der Waals surface area contributed by atoms with Crippen LogP contribution in [0, 0.1) is 12.8 Å². The van der Waals surface area contributed by atoms with Gasteiger partial charge in [-0.25, -0.2) is 4.98 Å². The first-order valence-electron chi connectivity index (χ1n) is 8.78. The molecule has 130 valence electrons. The largest absolute Gasteiger partial charge is 0.494 e. The predicted octanol–water partition coefficient (Wildman–Crippen LogP) is 3.46. The molecule has 1 fully saturated rings. The van der Waals surface area contributed by atoms with Crippen LogP contribution in [0.1, 0.15) is 29.5 Å².